The van der Waals surface area contributed by atoms with Gasteiger partial charge in [-0.05, 0) is 66.7 Å². The molecule has 0 unspecified atom stereocenters. The second kappa shape index (κ2) is 10.3. The predicted molar refractivity (Wildman–Crippen MR) is 109 cm³/mol. The SMILES string of the molecule is CC(C)=CCC/C(C)=C/CC/C(C)=C\CCC1(C)OCC(C)(C)CO1. The summed E-state index contributed by atoms with van der Waals surface area (Å²) < 4.78 is 11.9. The second-order valence-electron chi connectivity index (χ2n) is 8.87. The Morgan fingerprint density at radius 2 is 1.24 bits per heavy atom. The Bertz CT molecular complexity index is 480. The van der Waals surface area contributed by atoms with E-state index in [4.69, 9.17) is 9.47 Å². The van der Waals surface area contributed by atoms with Gasteiger partial charge in [-0.1, -0.05) is 48.8 Å². The van der Waals surface area contributed by atoms with Crippen molar-refractivity contribution in [2.75, 3.05) is 13.2 Å². The van der Waals surface area contributed by atoms with Crippen molar-refractivity contribution < 1.29 is 9.47 Å². The number of hydrogen-bond donors (Lipinski definition) is 0. The Kier molecular flexibility index (Phi) is 9.16. The maximum Gasteiger partial charge on any atom is 0.165 e. The molecule has 144 valence electrons. The van der Waals surface area contributed by atoms with E-state index in [9.17, 15) is 0 Å². The van der Waals surface area contributed by atoms with Crippen molar-refractivity contribution in [3.05, 3.63) is 34.9 Å². The highest BCUT2D eigenvalue weighted by molar-refractivity contribution is 5.05. The normalized spacial score (nSPS) is 20.4. The van der Waals surface area contributed by atoms with Crippen LogP contribution in [0.5, 0.6) is 0 Å². The summed E-state index contributed by atoms with van der Waals surface area (Å²) in [5.74, 6) is -0.409. The molecule has 1 rings (SSSR count). The quantitative estimate of drug-likeness (QED) is 0.419. The molecule has 0 spiro atoms. The van der Waals surface area contributed by atoms with E-state index in [1.165, 1.54) is 23.1 Å². The van der Waals surface area contributed by atoms with Crippen molar-refractivity contribution in [1.82, 2.24) is 0 Å². The monoisotopic (exact) mass is 348 g/mol. The number of allylic oxidation sites excluding steroid dienone is 6. The first-order valence-corrected chi connectivity index (χ1v) is 9.84. The molecule has 0 aromatic rings. The smallest absolute Gasteiger partial charge is 0.165 e. The molecule has 0 aliphatic carbocycles. The Hall–Kier alpha value is -0.860. The van der Waals surface area contributed by atoms with Gasteiger partial charge in [0.15, 0.2) is 5.79 Å². The van der Waals surface area contributed by atoms with Crippen LogP contribution in [0.3, 0.4) is 0 Å². The van der Waals surface area contributed by atoms with E-state index in [2.05, 4.69) is 66.7 Å². The fourth-order valence-corrected chi connectivity index (χ4v) is 2.84. The third-order valence-corrected chi connectivity index (χ3v) is 4.75. The van der Waals surface area contributed by atoms with Crippen molar-refractivity contribution in [3.8, 4) is 0 Å². The van der Waals surface area contributed by atoms with Gasteiger partial charge in [-0.2, -0.15) is 0 Å². The topological polar surface area (TPSA) is 18.5 Å². The summed E-state index contributed by atoms with van der Waals surface area (Å²) in [7, 11) is 0. The summed E-state index contributed by atoms with van der Waals surface area (Å²) in [5.41, 5.74) is 4.52. The summed E-state index contributed by atoms with van der Waals surface area (Å²) in [6, 6.07) is 0. The van der Waals surface area contributed by atoms with Gasteiger partial charge >= 0.3 is 0 Å². The molecule has 25 heavy (non-hydrogen) atoms. The van der Waals surface area contributed by atoms with Gasteiger partial charge in [-0.3, -0.25) is 0 Å². The zero-order valence-electron chi connectivity index (χ0n) is 17.7. The lowest BCUT2D eigenvalue weighted by molar-refractivity contribution is -0.291. The van der Waals surface area contributed by atoms with Crippen molar-refractivity contribution >= 4 is 0 Å². The van der Waals surface area contributed by atoms with Gasteiger partial charge in [0.1, 0.15) is 0 Å². The van der Waals surface area contributed by atoms with Crippen molar-refractivity contribution in [1.29, 1.82) is 0 Å². The van der Waals surface area contributed by atoms with E-state index >= 15 is 0 Å². The first kappa shape index (κ1) is 22.2. The van der Waals surface area contributed by atoms with Gasteiger partial charge in [0, 0.05) is 11.8 Å². The van der Waals surface area contributed by atoms with Crippen LogP contribution in [-0.4, -0.2) is 19.0 Å². The maximum absolute atomic E-state index is 5.96. The van der Waals surface area contributed by atoms with Crippen LogP contribution < -0.4 is 0 Å². The summed E-state index contributed by atoms with van der Waals surface area (Å²) in [4.78, 5) is 0. The van der Waals surface area contributed by atoms with E-state index in [1.54, 1.807) is 0 Å². The van der Waals surface area contributed by atoms with Crippen LogP contribution in [0.2, 0.25) is 0 Å². The summed E-state index contributed by atoms with van der Waals surface area (Å²) >= 11 is 0. The van der Waals surface area contributed by atoms with E-state index in [1.807, 2.05) is 0 Å². The van der Waals surface area contributed by atoms with E-state index in [-0.39, 0.29) is 5.41 Å². The van der Waals surface area contributed by atoms with E-state index in [0.717, 1.165) is 45.3 Å². The lowest BCUT2D eigenvalue weighted by atomic mass is 9.94. The van der Waals surface area contributed by atoms with Gasteiger partial charge in [0.2, 0.25) is 0 Å². The molecular formula is C23H40O2. The third-order valence-electron chi connectivity index (χ3n) is 4.75. The van der Waals surface area contributed by atoms with Gasteiger partial charge in [0.25, 0.3) is 0 Å². The minimum Gasteiger partial charge on any atom is -0.350 e. The molecule has 0 aromatic heterocycles. The van der Waals surface area contributed by atoms with E-state index in [0.29, 0.717) is 0 Å². The lowest BCUT2D eigenvalue weighted by Gasteiger charge is -2.41. The molecule has 0 bridgehead atoms. The minimum atomic E-state index is -0.409. The van der Waals surface area contributed by atoms with Crippen molar-refractivity contribution in [2.24, 2.45) is 5.41 Å². The molecule has 0 atom stereocenters. The Balaban J connectivity index is 2.26. The van der Waals surface area contributed by atoms with Crippen LogP contribution in [0.15, 0.2) is 34.9 Å². The largest absolute Gasteiger partial charge is 0.350 e. The van der Waals surface area contributed by atoms with E-state index < -0.39 is 5.79 Å². The zero-order valence-corrected chi connectivity index (χ0v) is 17.7. The van der Waals surface area contributed by atoms with Crippen LogP contribution in [0.25, 0.3) is 0 Å². The van der Waals surface area contributed by atoms with Crippen LogP contribution in [0, 0.1) is 5.41 Å². The molecule has 2 heteroatoms. The molecule has 0 radical (unpaired) electrons. The highest BCUT2D eigenvalue weighted by atomic mass is 16.7. The minimum absolute atomic E-state index is 0.140. The predicted octanol–water partition coefficient (Wildman–Crippen LogP) is 6.98. The average Bonchev–Trinajstić information content (AvgIpc) is 2.50. The Morgan fingerprint density at radius 3 is 1.76 bits per heavy atom. The first-order valence-electron chi connectivity index (χ1n) is 9.84. The van der Waals surface area contributed by atoms with Crippen LogP contribution in [-0.2, 0) is 9.47 Å². The zero-order chi connectivity index (χ0) is 18.9. The van der Waals surface area contributed by atoms with Gasteiger partial charge in [0.05, 0.1) is 13.2 Å². The molecule has 2 nitrogen and oxygen atoms in total. The number of hydrogen-bond acceptors (Lipinski definition) is 2. The Morgan fingerprint density at radius 1 is 0.760 bits per heavy atom. The molecule has 1 saturated heterocycles. The fourth-order valence-electron chi connectivity index (χ4n) is 2.84. The maximum atomic E-state index is 5.96. The summed E-state index contributed by atoms with van der Waals surface area (Å²) in [6.07, 6.45) is 13.6. The molecule has 0 aromatic carbocycles. The first-order chi connectivity index (χ1) is 11.6. The van der Waals surface area contributed by atoms with Crippen LogP contribution in [0.4, 0.5) is 0 Å². The molecule has 1 fully saturated rings. The van der Waals surface area contributed by atoms with Crippen LogP contribution in [0.1, 0.15) is 87.0 Å². The van der Waals surface area contributed by atoms with Crippen molar-refractivity contribution in [3.63, 3.8) is 0 Å². The highest BCUT2D eigenvalue weighted by Crippen LogP contribution is 2.32. The number of ether oxygens (including phenoxy) is 2. The standard InChI is InChI=1S/C23H40O2/c1-19(2)11-8-12-20(3)13-9-14-21(4)15-10-16-23(7)24-17-22(5,6)18-25-23/h11,13,15H,8-10,12,14,16-18H2,1-7H3/b20-13+,21-15-. The van der Waals surface area contributed by atoms with Gasteiger partial charge in [-0.25, -0.2) is 0 Å². The van der Waals surface area contributed by atoms with Crippen molar-refractivity contribution in [2.45, 2.75) is 92.8 Å². The molecule has 1 aliphatic rings. The average molecular weight is 349 g/mol. The molecule has 1 aliphatic heterocycles. The van der Waals surface area contributed by atoms with Gasteiger partial charge < -0.3 is 9.47 Å². The molecule has 0 amide bonds. The molecule has 0 N–H and O–H groups in total. The summed E-state index contributed by atoms with van der Waals surface area (Å²) in [6.45, 7) is 16.8. The molecule has 1 heterocycles. The Labute approximate surface area is 156 Å². The highest BCUT2D eigenvalue weighted by Gasteiger charge is 2.36. The van der Waals surface area contributed by atoms with Gasteiger partial charge in [-0.15, -0.1) is 0 Å². The molecular weight excluding hydrogens is 308 g/mol. The van der Waals surface area contributed by atoms with Crippen LogP contribution >= 0.6 is 0 Å². The second-order valence-corrected chi connectivity index (χ2v) is 8.87. The third kappa shape index (κ3) is 10.0. The lowest BCUT2D eigenvalue weighted by Crippen LogP contribution is -2.45. The number of rotatable bonds is 9. The summed E-state index contributed by atoms with van der Waals surface area (Å²) in [5, 5.41) is 0. The fraction of sp³-hybridized carbons (Fsp3) is 0.739. The molecule has 0 saturated carbocycles.